The average Bonchev–Trinajstić information content (AvgIpc) is 3.24. The first-order valence-corrected chi connectivity index (χ1v) is 6.85. The molecule has 0 heterocycles. The third kappa shape index (κ3) is 10.2. The Balaban J connectivity index is 0.00000361. The lowest BCUT2D eigenvalue weighted by Gasteiger charge is -2.11. The lowest BCUT2D eigenvalue weighted by atomic mass is 10.4. The van der Waals surface area contributed by atoms with Gasteiger partial charge in [0.2, 0.25) is 0 Å². The van der Waals surface area contributed by atoms with E-state index in [-0.39, 0.29) is 29.9 Å². The maximum atomic E-state index is 10.9. The maximum Gasteiger partial charge on any atom is 0.307 e. The quantitative estimate of drug-likeness (QED) is 0.200. The fourth-order valence-corrected chi connectivity index (χ4v) is 1.52. The second-order valence-corrected chi connectivity index (χ2v) is 4.62. The molecule has 1 rings (SSSR count). The zero-order valence-corrected chi connectivity index (χ0v) is 14.6. The molecule has 0 aromatic rings. The Bertz CT molecular complexity index is 297. The summed E-state index contributed by atoms with van der Waals surface area (Å²) in [4.78, 5) is 15.0. The third-order valence-corrected chi connectivity index (χ3v) is 2.88. The summed E-state index contributed by atoms with van der Waals surface area (Å²) in [5, 5.41) is 6.22. The third-order valence-electron chi connectivity index (χ3n) is 2.88. The van der Waals surface area contributed by atoms with Crippen LogP contribution in [0.3, 0.4) is 0 Å². The molecule has 0 aromatic carbocycles. The molecule has 2 N–H and O–H groups in total. The van der Waals surface area contributed by atoms with E-state index in [1.54, 1.807) is 7.05 Å². The molecule has 0 spiro atoms. The van der Waals surface area contributed by atoms with Gasteiger partial charge in [0.25, 0.3) is 0 Å². The molecule has 20 heavy (non-hydrogen) atoms. The number of nitrogens with one attached hydrogen (secondary N) is 2. The van der Waals surface area contributed by atoms with Gasteiger partial charge in [-0.3, -0.25) is 9.79 Å². The number of hydrogen-bond donors (Lipinski definition) is 2. The van der Waals surface area contributed by atoms with Gasteiger partial charge in [0.05, 0.1) is 13.5 Å². The van der Waals surface area contributed by atoms with Gasteiger partial charge in [-0.2, -0.15) is 0 Å². The lowest BCUT2D eigenvalue weighted by Crippen LogP contribution is -2.39. The Morgan fingerprint density at radius 3 is 2.60 bits per heavy atom. The topological polar surface area (TPSA) is 72.0 Å². The Morgan fingerprint density at radius 2 is 2.00 bits per heavy atom. The lowest BCUT2D eigenvalue weighted by molar-refractivity contribution is -0.140. The molecule has 1 fully saturated rings. The average molecular weight is 399 g/mol. The van der Waals surface area contributed by atoms with Gasteiger partial charge in [-0.25, -0.2) is 0 Å². The van der Waals surface area contributed by atoms with E-state index in [4.69, 9.17) is 4.74 Å². The number of ether oxygens (including phenoxy) is 2. The summed E-state index contributed by atoms with van der Waals surface area (Å²) in [5.74, 6) is 1.29. The van der Waals surface area contributed by atoms with E-state index >= 15 is 0 Å². The summed E-state index contributed by atoms with van der Waals surface area (Å²) < 4.78 is 10.1. The maximum absolute atomic E-state index is 10.9. The van der Waals surface area contributed by atoms with E-state index in [0.717, 1.165) is 32.1 Å². The van der Waals surface area contributed by atoms with E-state index in [1.807, 2.05) is 0 Å². The van der Waals surface area contributed by atoms with Crippen molar-refractivity contribution in [1.29, 1.82) is 0 Å². The van der Waals surface area contributed by atoms with Crippen LogP contribution < -0.4 is 10.6 Å². The number of carbonyl (C=O) groups is 1. The van der Waals surface area contributed by atoms with Crippen LogP contribution in [0, 0.1) is 5.92 Å². The smallest absolute Gasteiger partial charge is 0.307 e. The van der Waals surface area contributed by atoms with Crippen LogP contribution in [0.2, 0.25) is 0 Å². The van der Waals surface area contributed by atoms with Crippen molar-refractivity contribution in [3.05, 3.63) is 0 Å². The van der Waals surface area contributed by atoms with E-state index in [0.29, 0.717) is 18.9 Å². The van der Waals surface area contributed by atoms with Crippen molar-refractivity contribution in [2.24, 2.45) is 10.9 Å². The standard InChI is InChI=1S/C13H25N3O3.HI/c1-14-13(16-8-6-12(17)18-2)15-7-3-9-19-10-11-4-5-11;/h11H,3-10H2,1-2H3,(H2,14,15,16);1H. The Labute approximate surface area is 138 Å². The summed E-state index contributed by atoms with van der Waals surface area (Å²) >= 11 is 0. The molecule has 0 amide bonds. The van der Waals surface area contributed by atoms with Crippen LogP contribution in [0.1, 0.15) is 25.7 Å². The molecule has 118 valence electrons. The molecule has 0 bridgehead atoms. The molecule has 0 aliphatic heterocycles. The van der Waals surface area contributed by atoms with Crippen molar-refractivity contribution in [3.8, 4) is 0 Å². The summed E-state index contributed by atoms with van der Waals surface area (Å²) in [6.07, 6.45) is 3.94. The summed E-state index contributed by atoms with van der Waals surface area (Å²) in [7, 11) is 3.09. The highest BCUT2D eigenvalue weighted by Gasteiger charge is 2.20. The van der Waals surface area contributed by atoms with Crippen LogP contribution in [0.4, 0.5) is 0 Å². The van der Waals surface area contributed by atoms with Crippen molar-refractivity contribution in [2.45, 2.75) is 25.7 Å². The number of halogens is 1. The van der Waals surface area contributed by atoms with Crippen LogP contribution in [-0.4, -0.2) is 52.4 Å². The second-order valence-electron chi connectivity index (χ2n) is 4.62. The molecule has 0 aromatic heterocycles. The number of hydrogen-bond acceptors (Lipinski definition) is 4. The van der Waals surface area contributed by atoms with Gasteiger partial charge in [0.1, 0.15) is 0 Å². The zero-order valence-electron chi connectivity index (χ0n) is 12.3. The molecule has 0 atom stereocenters. The van der Waals surface area contributed by atoms with Gasteiger partial charge in [0, 0.05) is 33.4 Å². The SMILES string of the molecule is CN=C(NCCCOCC1CC1)NCCC(=O)OC.I. The molecule has 1 saturated carbocycles. The van der Waals surface area contributed by atoms with Gasteiger partial charge in [-0.1, -0.05) is 0 Å². The summed E-state index contributed by atoms with van der Waals surface area (Å²) in [6, 6.07) is 0. The molecule has 1 aliphatic rings. The van der Waals surface area contributed by atoms with Crippen LogP contribution in [0.5, 0.6) is 0 Å². The normalized spacial score (nSPS) is 14.4. The molecule has 1 aliphatic carbocycles. The van der Waals surface area contributed by atoms with Crippen LogP contribution in [0.25, 0.3) is 0 Å². The number of aliphatic imine (C=N–C) groups is 1. The van der Waals surface area contributed by atoms with Crippen molar-refractivity contribution >= 4 is 35.9 Å². The molecule has 0 saturated heterocycles. The van der Waals surface area contributed by atoms with Gasteiger partial charge in [-0.15, -0.1) is 24.0 Å². The van der Waals surface area contributed by atoms with Crippen LogP contribution in [-0.2, 0) is 14.3 Å². The first-order chi connectivity index (χ1) is 9.26. The number of nitrogens with zero attached hydrogens (tertiary/aromatic N) is 1. The summed E-state index contributed by atoms with van der Waals surface area (Å²) in [6.45, 7) is 3.02. The predicted octanol–water partition coefficient (Wildman–Crippen LogP) is 1.15. The van der Waals surface area contributed by atoms with Crippen LogP contribution in [0.15, 0.2) is 4.99 Å². The Kier molecular flexibility index (Phi) is 11.8. The highest BCUT2D eigenvalue weighted by Crippen LogP contribution is 2.28. The first-order valence-electron chi connectivity index (χ1n) is 6.85. The zero-order chi connectivity index (χ0) is 13.9. The van der Waals surface area contributed by atoms with E-state index in [9.17, 15) is 4.79 Å². The Hall–Kier alpha value is -0.570. The minimum Gasteiger partial charge on any atom is -0.469 e. The van der Waals surface area contributed by atoms with E-state index in [2.05, 4.69) is 20.4 Å². The Morgan fingerprint density at radius 1 is 1.30 bits per heavy atom. The molecular formula is C13H26IN3O3. The van der Waals surface area contributed by atoms with Crippen molar-refractivity contribution < 1.29 is 14.3 Å². The molecule has 6 nitrogen and oxygen atoms in total. The van der Waals surface area contributed by atoms with Crippen LogP contribution >= 0.6 is 24.0 Å². The fraction of sp³-hybridized carbons (Fsp3) is 0.846. The number of methoxy groups -OCH3 is 1. The molecule has 0 unspecified atom stereocenters. The predicted molar refractivity (Wildman–Crippen MR) is 89.6 cm³/mol. The summed E-state index contributed by atoms with van der Waals surface area (Å²) in [5.41, 5.74) is 0. The monoisotopic (exact) mass is 399 g/mol. The van der Waals surface area contributed by atoms with E-state index < -0.39 is 0 Å². The van der Waals surface area contributed by atoms with E-state index in [1.165, 1.54) is 20.0 Å². The first kappa shape index (κ1) is 19.4. The minimum absolute atomic E-state index is 0. The van der Waals surface area contributed by atoms with Crippen molar-refractivity contribution in [3.63, 3.8) is 0 Å². The van der Waals surface area contributed by atoms with Gasteiger partial charge in [0.15, 0.2) is 5.96 Å². The highest BCUT2D eigenvalue weighted by atomic mass is 127. The number of carbonyl (C=O) groups excluding carboxylic acids is 1. The van der Waals surface area contributed by atoms with Gasteiger partial charge >= 0.3 is 5.97 Å². The largest absolute Gasteiger partial charge is 0.469 e. The van der Waals surface area contributed by atoms with Crippen molar-refractivity contribution in [2.75, 3.05) is 40.5 Å². The second kappa shape index (κ2) is 12.2. The minimum atomic E-state index is -0.226. The van der Waals surface area contributed by atoms with Crippen molar-refractivity contribution in [1.82, 2.24) is 10.6 Å². The highest BCUT2D eigenvalue weighted by molar-refractivity contribution is 14.0. The van der Waals surface area contributed by atoms with Gasteiger partial charge < -0.3 is 20.1 Å². The number of guanidine groups is 1. The fourth-order valence-electron chi connectivity index (χ4n) is 1.52. The van der Waals surface area contributed by atoms with Gasteiger partial charge in [-0.05, 0) is 25.2 Å². The molecule has 0 radical (unpaired) electrons. The number of rotatable bonds is 9. The molecule has 7 heteroatoms. The molecular weight excluding hydrogens is 373 g/mol. The number of esters is 1.